The molecule has 0 atom stereocenters. The number of imidazole rings is 1. The van der Waals surface area contributed by atoms with Gasteiger partial charge in [0.15, 0.2) is 0 Å². The van der Waals surface area contributed by atoms with Gasteiger partial charge in [-0.15, -0.1) is 0 Å². The molecular formula is C21H27N5O. The fourth-order valence-electron chi connectivity index (χ4n) is 3.17. The number of carbonyl (C=O) groups excluding carboxylic acids is 1. The number of anilines is 1. The lowest BCUT2D eigenvalue weighted by Crippen LogP contribution is -2.27. The first-order valence-corrected chi connectivity index (χ1v) is 9.57. The van der Waals surface area contributed by atoms with Crippen LogP contribution in [0.4, 0.5) is 5.95 Å². The zero-order valence-corrected chi connectivity index (χ0v) is 16.1. The second-order valence-corrected chi connectivity index (χ2v) is 6.51. The summed E-state index contributed by atoms with van der Waals surface area (Å²) in [6, 6.07) is 11.9. The predicted octanol–water partition coefficient (Wildman–Crippen LogP) is 3.34. The highest BCUT2D eigenvalue weighted by Gasteiger charge is 2.14. The smallest absolute Gasteiger partial charge is 0.227 e. The fourth-order valence-corrected chi connectivity index (χ4v) is 3.17. The number of aryl methyl sites for hydroxylation is 1. The number of hydrogen-bond donors (Lipinski definition) is 1. The fraction of sp³-hybridized carbons (Fsp3) is 0.381. The van der Waals surface area contributed by atoms with Crippen LogP contribution in [-0.2, 0) is 17.8 Å². The molecule has 1 aromatic carbocycles. The molecule has 1 amide bonds. The number of benzene rings is 1. The second-order valence-electron chi connectivity index (χ2n) is 6.51. The molecule has 0 fully saturated rings. The summed E-state index contributed by atoms with van der Waals surface area (Å²) in [7, 11) is 0. The van der Waals surface area contributed by atoms with Gasteiger partial charge in [0.05, 0.1) is 11.0 Å². The Morgan fingerprint density at radius 3 is 2.70 bits per heavy atom. The Kier molecular flexibility index (Phi) is 6.54. The van der Waals surface area contributed by atoms with Crippen LogP contribution in [0.2, 0.25) is 0 Å². The summed E-state index contributed by atoms with van der Waals surface area (Å²) < 4.78 is 2.11. The molecular weight excluding hydrogens is 338 g/mol. The van der Waals surface area contributed by atoms with Crippen molar-refractivity contribution in [2.24, 2.45) is 0 Å². The summed E-state index contributed by atoms with van der Waals surface area (Å²) in [5.41, 5.74) is 3.01. The van der Waals surface area contributed by atoms with Crippen LogP contribution in [0.3, 0.4) is 0 Å². The van der Waals surface area contributed by atoms with E-state index in [2.05, 4.69) is 44.7 Å². The maximum Gasteiger partial charge on any atom is 0.227 e. The van der Waals surface area contributed by atoms with Crippen molar-refractivity contribution in [1.82, 2.24) is 19.4 Å². The highest BCUT2D eigenvalue weighted by Crippen LogP contribution is 2.20. The normalized spacial score (nSPS) is 11.2. The van der Waals surface area contributed by atoms with Gasteiger partial charge in [-0.05, 0) is 43.3 Å². The Balaban J connectivity index is 1.72. The summed E-state index contributed by atoms with van der Waals surface area (Å²) >= 11 is 0. The highest BCUT2D eigenvalue weighted by molar-refractivity contribution is 5.91. The molecule has 0 aliphatic heterocycles. The van der Waals surface area contributed by atoms with Crippen LogP contribution >= 0.6 is 0 Å². The van der Waals surface area contributed by atoms with Gasteiger partial charge in [-0.1, -0.05) is 32.0 Å². The van der Waals surface area contributed by atoms with Crippen molar-refractivity contribution in [3.05, 3.63) is 54.4 Å². The molecule has 0 saturated heterocycles. The molecule has 1 N–H and O–H groups in total. The van der Waals surface area contributed by atoms with Gasteiger partial charge in [0, 0.05) is 31.9 Å². The van der Waals surface area contributed by atoms with Crippen molar-refractivity contribution in [2.45, 2.75) is 33.2 Å². The summed E-state index contributed by atoms with van der Waals surface area (Å²) in [6.07, 6.45) is 4.61. The first-order valence-electron chi connectivity index (χ1n) is 9.57. The molecule has 142 valence electrons. The lowest BCUT2D eigenvalue weighted by Gasteiger charge is -2.19. The summed E-state index contributed by atoms with van der Waals surface area (Å²) in [5, 5.41) is 3.00. The van der Waals surface area contributed by atoms with E-state index in [0.717, 1.165) is 42.8 Å². The van der Waals surface area contributed by atoms with Crippen molar-refractivity contribution in [3.8, 4) is 0 Å². The van der Waals surface area contributed by atoms with E-state index in [1.165, 1.54) is 0 Å². The molecule has 0 spiro atoms. The van der Waals surface area contributed by atoms with E-state index in [1.54, 1.807) is 12.4 Å². The number of hydrogen-bond acceptors (Lipinski definition) is 4. The number of fused-ring (bicyclic) bond motifs is 1. The minimum absolute atomic E-state index is 0.0294. The standard InChI is InChI=1S/C21H27N5O/c1-3-25(4-2)14-15-26-19-10-6-5-9-18(19)23-21(26)24-20(27)12-11-17-8-7-13-22-16-17/h5-10,13,16H,3-4,11-12,14-15H2,1-2H3,(H,23,24,27). The number of nitrogens with zero attached hydrogens (tertiary/aromatic N) is 4. The number of amides is 1. The lowest BCUT2D eigenvalue weighted by molar-refractivity contribution is -0.116. The quantitative estimate of drug-likeness (QED) is 0.632. The Labute approximate surface area is 160 Å². The topological polar surface area (TPSA) is 63.0 Å². The summed E-state index contributed by atoms with van der Waals surface area (Å²) in [4.78, 5) is 23.6. The molecule has 0 aliphatic rings. The molecule has 0 bridgehead atoms. The van der Waals surface area contributed by atoms with E-state index in [-0.39, 0.29) is 5.91 Å². The second kappa shape index (κ2) is 9.28. The zero-order chi connectivity index (χ0) is 19.1. The van der Waals surface area contributed by atoms with Crippen molar-refractivity contribution in [3.63, 3.8) is 0 Å². The van der Waals surface area contributed by atoms with Gasteiger partial charge in [0.25, 0.3) is 0 Å². The minimum Gasteiger partial charge on any atom is -0.309 e. The summed E-state index contributed by atoms with van der Waals surface area (Å²) in [5.74, 6) is 0.595. The summed E-state index contributed by atoms with van der Waals surface area (Å²) in [6.45, 7) is 8.06. The SMILES string of the molecule is CCN(CC)CCn1c(NC(=O)CCc2cccnc2)nc2ccccc21. The Morgan fingerprint density at radius 2 is 1.96 bits per heavy atom. The molecule has 0 radical (unpaired) electrons. The van der Waals surface area contributed by atoms with Crippen LogP contribution in [0.5, 0.6) is 0 Å². The average molecular weight is 365 g/mol. The van der Waals surface area contributed by atoms with E-state index in [9.17, 15) is 4.79 Å². The number of aromatic nitrogens is 3. The third-order valence-electron chi connectivity index (χ3n) is 4.80. The van der Waals surface area contributed by atoms with Gasteiger partial charge in [-0.25, -0.2) is 4.98 Å². The Morgan fingerprint density at radius 1 is 1.15 bits per heavy atom. The maximum absolute atomic E-state index is 12.5. The number of para-hydroxylation sites is 2. The third-order valence-corrected chi connectivity index (χ3v) is 4.80. The molecule has 2 heterocycles. The molecule has 0 aliphatic carbocycles. The van der Waals surface area contributed by atoms with Gasteiger partial charge in [-0.2, -0.15) is 0 Å². The first-order chi connectivity index (χ1) is 13.2. The van der Waals surface area contributed by atoms with Crippen molar-refractivity contribution >= 4 is 22.9 Å². The number of pyridine rings is 1. The molecule has 27 heavy (non-hydrogen) atoms. The van der Waals surface area contributed by atoms with Gasteiger partial charge in [0.2, 0.25) is 11.9 Å². The van der Waals surface area contributed by atoms with Crippen LogP contribution < -0.4 is 5.32 Å². The number of likely N-dealkylation sites (N-methyl/N-ethyl adjacent to an activating group) is 1. The molecule has 3 aromatic rings. The highest BCUT2D eigenvalue weighted by atomic mass is 16.1. The number of rotatable bonds is 9. The third kappa shape index (κ3) is 4.92. The van der Waals surface area contributed by atoms with E-state index in [0.29, 0.717) is 18.8 Å². The molecule has 6 nitrogen and oxygen atoms in total. The zero-order valence-electron chi connectivity index (χ0n) is 16.1. The largest absolute Gasteiger partial charge is 0.309 e. The van der Waals surface area contributed by atoms with Gasteiger partial charge in [-0.3, -0.25) is 15.1 Å². The van der Waals surface area contributed by atoms with Gasteiger partial charge >= 0.3 is 0 Å². The lowest BCUT2D eigenvalue weighted by atomic mass is 10.1. The minimum atomic E-state index is -0.0294. The Bertz CT molecular complexity index is 871. The molecule has 2 aromatic heterocycles. The van der Waals surface area contributed by atoms with Gasteiger partial charge in [0.1, 0.15) is 0 Å². The van der Waals surface area contributed by atoms with Crippen molar-refractivity contribution in [2.75, 3.05) is 25.0 Å². The van der Waals surface area contributed by atoms with Gasteiger partial charge < -0.3 is 9.47 Å². The van der Waals surface area contributed by atoms with Crippen molar-refractivity contribution in [1.29, 1.82) is 0 Å². The van der Waals surface area contributed by atoms with Crippen LogP contribution in [0.1, 0.15) is 25.8 Å². The van der Waals surface area contributed by atoms with E-state index in [1.807, 2.05) is 30.3 Å². The Hall–Kier alpha value is -2.73. The van der Waals surface area contributed by atoms with E-state index < -0.39 is 0 Å². The molecule has 6 heteroatoms. The molecule has 0 saturated carbocycles. The number of nitrogens with one attached hydrogen (secondary N) is 1. The van der Waals surface area contributed by atoms with Crippen LogP contribution in [-0.4, -0.2) is 45.0 Å². The first kappa shape index (κ1) is 19.0. The molecule has 3 rings (SSSR count). The van der Waals surface area contributed by atoms with Crippen LogP contribution in [0, 0.1) is 0 Å². The monoisotopic (exact) mass is 365 g/mol. The van der Waals surface area contributed by atoms with Crippen LogP contribution in [0.25, 0.3) is 11.0 Å². The predicted molar refractivity (Wildman–Crippen MR) is 109 cm³/mol. The van der Waals surface area contributed by atoms with E-state index in [4.69, 9.17) is 0 Å². The maximum atomic E-state index is 12.5. The average Bonchev–Trinajstić information content (AvgIpc) is 3.05. The molecule has 0 unspecified atom stereocenters. The number of carbonyl (C=O) groups is 1. The van der Waals surface area contributed by atoms with E-state index >= 15 is 0 Å². The van der Waals surface area contributed by atoms with Crippen molar-refractivity contribution < 1.29 is 4.79 Å². The van der Waals surface area contributed by atoms with Crippen LogP contribution in [0.15, 0.2) is 48.8 Å².